The number of ether oxygens (including phenoxy) is 2. The summed E-state index contributed by atoms with van der Waals surface area (Å²) in [4.78, 5) is 15.5. The van der Waals surface area contributed by atoms with Crippen LogP contribution in [0.4, 0.5) is 4.79 Å². The normalized spacial score (nSPS) is 15.4. The number of methoxy groups -OCH3 is 2. The van der Waals surface area contributed by atoms with E-state index in [-0.39, 0.29) is 18.1 Å². The van der Waals surface area contributed by atoms with Crippen LogP contribution in [0.2, 0.25) is 0 Å². The summed E-state index contributed by atoms with van der Waals surface area (Å²) < 4.78 is 12.5. The number of fused-ring (bicyclic) bond motifs is 1. The quantitative estimate of drug-likeness (QED) is 0.422. The third-order valence-electron chi connectivity index (χ3n) is 6.67. The molecular formula is C28H33N3O3S. The van der Waals surface area contributed by atoms with Crippen molar-refractivity contribution in [2.45, 2.75) is 25.4 Å². The smallest absolute Gasteiger partial charge is 0.328 e. The Hall–Kier alpha value is -3.16. The predicted molar refractivity (Wildman–Crippen MR) is 142 cm³/mol. The van der Waals surface area contributed by atoms with E-state index in [4.69, 9.17) is 9.47 Å². The van der Waals surface area contributed by atoms with Gasteiger partial charge in [-0.05, 0) is 47.7 Å². The first-order valence-electron chi connectivity index (χ1n) is 11.9. The van der Waals surface area contributed by atoms with Gasteiger partial charge in [-0.2, -0.15) is 0 Å². The molecule has 3 aromatic carbocycles. The fraction of sp³-hybridized carbons (Fsp3) is 0.321. The molecule has 0 saturated heterocycles. The second kappa shape index (κ2) is 11.5. The van der Waals surface area contributed by atoms with E-state index < -0.39 is 0 Å². The summed E-state index contributed by atoms with van der Waals surface area (Å²) in [6.07, 6.45) is 0.927. The minimum Gasteiger partial charge on any atom is -0.493 e. The molecule has 0 saturated carbocycles. The second-order valence-electron chi connectivity index (χ2n) is 8.67. The van der Waals surface area contributed by atoms with Crippen molar-refractivity contribution in [3.63, 3.8) is 0 Å². The van der Waals surface area contributed by atoms with Crippen molar-refractivity contribution in [3.05, 3.63) is 95.1 Å². The van der Waals surface area contributed by atoms with E-state index in [1.807, 2.05) is 60.7 Å². The van der Waals surface area contributed by atoms with Crippen LogP contribution >= 0.6 is 12.8 Å². The molecule has 35 heavy (non-hydrogen) atoms. The number of benzene rings is 3. The maximum absolute atomic E-state index is 13.1. The molecule has 184 valence electrons. The predicted octanol–water partition coefficient (Wildman–Crippen LogP) is 5.27. The van der Waals surface area contributed by atoms with Gasteiger partial charge in [0, 0.05) is 25.7 Å². The first-order valence-corrected chi connectivity index (χ1v) is 12.3. The van der Waals surface area contributed by atoms with Gasteiger partial charge in [-0.15, -0.1) is 0 Å². The highest BCUT2D eigenvalue weighted by Crippen LogP contribution is 2.37. The lowest BCUT2D eigenvalue weighted by Crippen LogP contribution is -2.43. The average molecular weight is 492 g/mol. The third-order valence-corrected chi connectivity index (χ3v) is 7.08. The van der Waals surface area contributed by atoms with Crippen molar-refractivity contribution >= 4 is 18.8 Å². The molecule has 7 heteroatoms. The van der Waals surface area contributed by atoms with Crippen LogP contribution in [0, 0.1) is 0 Å². The fourth-order valence-corrected chi connectivity index (χ4v) is 5.09. The van der Waals surface area contributed by atoms with E-state index in [1.54, 1.807) is 14.2 Å². The molecule has 2 amide bonds. The summed E-state index contributed by atoms with van der Waals surface area (Å²) in [5, 5.41) is 3.06. The molecule has 4 rings (SSSR count). The fourth-order valence-electron chi connectivity index (χ4n) is 4.75. The zero-order valence-corrected chi connectivity index (χ0v) is 21.4. The van der Waals surface area contributed by atoms with Crippen molar-refractivity contribution in [1.82, 2.24) is 14.5 Å². The Morgan fingerprint density at radius 1 is 1.03 bits per heavy atom. The molecule has 0 bridgehead atoms. The lowest BCUT2D eigenvalue weighted by atomic mass is 9.93. The molecule has 1 atom stereocenters. The van der Waals surface area contributed by atoms with Gasteiger partial charge < -0.3 is 14.8 Å². The number of nitrogens with zero attached hydrogens (tertiary/aromatic N) is 2. The van der Waals surface area contributed by atoms with E-state index in [0.717, 1.165) is 42.1 Å². The number of thiol groups is 1. The number of rotatable bonds is 8. The minimum absolute atomic E-state index is 0.212. The summed E-state index contributed by atoms with van der Waals surface area (Å²) in [6, 6.07) is 23.8. The van der Waals surface area contributed by atoms with Crippen molar-refractivity contribution in [1.29, 1.82) is 0 Å². The zero-order valence-electron chi connectivity index (χ0n) is 20.5. The lowest BCUT2D eigenvalue weighted by Gasteiger charge is -2.36. The SMILES string of the molecule is COc1cc2c(cc1OC)C(C)N(CCNC(=O)N(S)C(c1ccccc1)c1ccccc1)CC2. The molecule has 1 aliphatic rings. The van der Waals surface area contributed by atoms with Gasteiger partial charge in [0.25, 0.3) is 0 Å². The summed E-state index contributed by atoms with van der Waals surface area (Å²) in [5.41, 5.74) is 4.54. The maximum atomic E-state index is 13.1. The first kappa shape index (κ1) is 24.9. The van der Waals surface area contributed by atoms with Crippen LogP contribution in [0.5, 0.6) is 11.5 Å². The minimum atomic E-state index is -0.288. The standard InChI is InChI=1S/C28H33N3O3S/c1-20-24-19-26(34-3)25(33-2)18-23(24)14-16-30(20)17-15-29-28(32)31(35)27(21-10-6-4-7-11-21)22-12-8-5-9-13-22/h4-13,18-20,27,35H,14-17H2,1-3H3,(H,29,32). The summed E-state index contributed by atoms with van der Waals surface area (Å²) in [7, 11) is 3.32. The molecule has 0 aliphatic carbocycles. The molecular weight excluding hydrogens is 458 g/mol. The highest BCUT2D eigenvalue weighted by Gasteiger charge is 2.27. The van der Waals surface area contributed by atoms with E-state index in [1.165, 1.54) is 15.4 Å². The zero-order chi connectivity index (χ0) is 24.8. The van der Waals surface area contributed by atoms with Crippen LogP contribution in [0.3, 0.4) is 0 Å². The highest BCUT2D eigenvalue weighted by atomic mass is 32.1. The van der Waals surface area contributed by atoms with Crippen LogP contribution in [0.1, 0.15) is 41.3 Å². The summed E-state index contributed by atoms with van der Waals surface area (Å²) >= 11 is 4.62. The Balaban J connectivity index is 1.40. The first-order chi connectivity index (χ1) is 17.0. The molecule has 3 aromatic rings. The number of carbonyl (C=O) groups excluding carboxylic acids is 1. The van der Waals surface area contributed by atoms with Gasteiger partial charge >= 0.3 is 6.03 Å². The highest BCUT2D eigenvalue weighted by molar-refractivity contribution is 7.78. The molecule has 0 radical (unpaired) electrons. The van der Waals surface area contributed by atoms with E-state index in [0.29, 0.717) is 6.54 Å². The van der Waals surface area contributed by atoms with Crippen LogP contribution in [-0.2, 0) is 6.42 Å². The van der Waals surface area contributed by atoms with E-state index in [9.17, 15) is 4.79 Å². The van der Waals surface area contributed by atoms with Gasteiger partial charge in [-0.3, -0.25) is 9.21 Å². The van der Waals surface area contributed by atoms with Crippen molar-refractivity contribution < 1.29 is 14.3 Å². The molecule has 1 N–H and O–H groups in total. The van der Waals surface area contributed by atoms with Crippen LogP contribution in [0.15, 0.2) is 72.8 Å². The second-order valence-corrected chi connectivity index (χ2v) is 9.10. The lowest BCUT2D eigenvalue weighted by molar-refractivity contribution is 0.191. The van der Waals surface area contributed by atoms with Crippen LogP contribution < -0.4 is 14.8 Å². The van der Waals surface area contributed by atoms with Crippen molar-refractivity contribution in [3.8, 4) is 11.5 Å². The number of carbonyl (C=O) groups is 1. The van der Waals surface area contributed by atoms with Gasteiger partial charge in [-0.1, -0.05) is 73.5 Å². The summed E-state index contributed by atoms with van der Waals surface area (Å²) in [6.45, 7) is 4.38. The Morgan fingerprint density at radius 2 is 1.60 bits per heavy atom. The van der Waals surface area contributed by atoms with Gasteiger partial charge in [0.1, 0.15) is 0 Å². The Kier molecular flexibility index (Phi) is 8.21. The van der Waals surface area contributed by atoms with Crippen LogP contribution in [0.25, 0.3) is 0 Å². The third kappa shape index (κ3) is 5.57. The molecule has 0 spiro atoms. The van der Waals surface area contributed by atoms with Gasteiger partial charge in [-0.25, -0.2) is 4.79 Å². The monoisotopic (exact) mass is 491 g/mol. The molecule has 0 fully saturated rings. The topological polar surface area (TPSA) is 54.0 Å². The number of nitrogens with one attached hydrogen (secondary N) is 1. The Bertz CT molecular complexity index is 1090. The Labute approximate surface area is 213 Å². The van der Waals surface area contributed by atoms with Gasteiger partial charge in [0.05, 0.1) is 20.3 Å². The molecule has 0 aromatic heterocycles. The van der Waals surface area contributed by atoms with Crippen LogP contribution in [-0.4, -0.2) is 49.1 Å². The number of amides is 2. The summed E-state index contributed by atoms with van der Waals surface area (Å²) in [5.74, 6) is 1.51. The molecule has 1 heterocycles. The Morgan fingerprint density at radius 3 is 2.17 bits per heavy atom. The van der Waals surface area contributed by atoms with Gasteiger partial charge in [0.15, 0.2) is 11.5 Å². The van der Waals surface area contributed by atoms with E-state index in [2.05, 4.69) is 42.1 Å². The van der Waals surface area contributed by atoms with Crippen molar-refractivity contribution in [2.24, 2.45) is 0 Å². The average Bonchev–Trinajstić information content (AvgIpc) is 2.90. The molecule has 1 aliphatic heterocycles. The largest absolute Gasteiger partial charge is 0.493 e. The van der Waals surface area contributed by atoms with Crippen molar-refractivity contribution in [2.75, 3.05) is 33.9 Å². The number of urea groups is 1. The van der Waals surface area contributed by atoms with E-state index >= 15 is 0 Å². The van der Waals surface area contributed by atoms with Gasteiger partial charge in [0.2, 0.25) is 0 Å². The number of hydrogen-bond donors (Lipinski definition) is 2. The molecule has 1 unspecified atom stereocenters. The molecule has 6 nitrogen and oxygen atoms in total. The maximum Gasteiger partial charge on any atom is 0.328 e. The number of hydrogen-bond acceptors (Lipinski definition) is 5.